The van der Waals surface area contributed by atoms with Gasteiger partial charge in [0.05, 0.1) is 0 Å². The van der Waals surface area contributed by atoms with Crippen molar-refractivity contribution in [2.24, 2.45) is 4.99 Å². The van der Waals surface area contributed by atoms with Gasteiger partial charge in [-0.3, -0.25) is 9.89 Å². The van der Waals surface area contributed by atoms with Crippen molar-refractivity contribution in [2.45, 2.75) is 59.5 Å². The SMILES string of the molecule is CCOCCCNC(=NC)NCCCN(C(C)C)C(C)C.I. The van der Waals surface area contributed by atoms with Crippen LogP contribution in [0.25, 0.3) is 0 Å². The van der Waals surface area contributed by atoms with E-state index in [4.69, 9.17) is 4.74 Å². The van der Waals surface area contributed by atoms with Crippen LogP contribution in [0.3, 0.4) is 0 Å². The topological polar surface area (TPSA) is 48.9 Å². The molecule has 0 unspecified atom stereocenters. The molecule has 0 radical (unpaired) electrons. The zero-order chi connectivity index (χ0) is 16.1. The lowest BCUT2D eigenvalue weighted by Gasteiger charge is -2.30. The minimum Gasteiger partial charge on any atom is -0.382 e. The molecule has 0 rings (SSSR count). The summed E-state index contributed by atoms with van der Waals surface area (Å²) in [6, 6.07) is 1.20. The molecule has 134 valence electrons. The van der Waals surface area contributed by atoms with Crippen molar-refractivity contribution < 1.29 is 4.74 Å². The van der Waals surface area contributed by atoms with Gasteiger partial charge in [0.1, 0.15) is 0 Å². The Kier molecular flexibility index (Phi) is 17.4. The second kappa shape index (κ2) is 15.8. The van der Waals surface area contributed by atoms with Crippen molar-refractivity contribution in [3.8, 4) is 0 Å². The second-order valence-electron chi connectivity index (χ2n) is 5.76. The highest BCUT2D eigenvalue weighted by Gasteiger charge is 2.12. The minimum absolute atomic E-state index is 0. The van der Waals surface area contributed by atoms with E-state index >= 15 is 0 Å². The fourth-order valence-electron chi connectivity index (χ4n) is 2.33. The Balaban J connectivity index is 0. The number of nitrogens with one attached hydrogen (secondary N) is 2. The number of hydrogen-bond acceptors (Lipinski definition) is 3. The van der Waals surface area contributed by atoms with E-state index in [9.17, 15) is 0 Å². The van der Waals surface area contributed by atoms with Crippen molar-refractivity contribution in [3.63, 3.8) is 0 Å². The summed E-state index contributed by atoms with van der Waals surface area (Å²) in [5.41, 5.74) is 0. The number of guanidine groups is 1. The fraction of sp³-hybridized carbons (Fsp3) is 0.938. The molecule has 6 heteroatoms. The smallest absolute Gasteiger partial charge is 0.190 e. The number of halogens is 1. The van der Waals surface area contributed by atoms with E-state index in [0.29, 0.717) is 12.1 Å². The van der Waals surface area contributed by atoms with E-state index in [1.54, 1.807) is 0 Å². The zero-order valence-corrected chi connectivity index (χ0v) is 17.6. The van der Waals surface area contributed by atoms with Crippen LogP contribution in [0.4, 0.5) is 0 Å². The molecule has 0 saturated heterocycles. The molecule has 0 aliphatic heterocycles. The van der Waals surface area contributed by atoms with Crippen LogP contribution in [-0.2, 0) is 4.74 Å². The lowest BCUT2D eigenvalue weighted by molar-refractivity contribution is 0.145. The quantitative estimate of drug-likeness (QED) is 0.230. The van der Waals surface area contributed by atoms with E-state index in [0.717, 1.165) is 51.6 Å². The fourth-order valence-corrected chi connectivity index (χ4v) is 2.33. The van der Waals surface area contributed by atoms with Crippen LogP contribution in [0.2, 0.25) is 0 Å². The van der Waals surface area contributed by atoms with Crippen LogP contribution in [0.1, 0.15) is 47.5 Å². The van der Waals surface area contributed by atoms with E-state index in [-0.39, 0.29) is 24.0 Å². The highest BCUT2D eigenvalue weighted by molar-refractivity contribution is 14.0. The van der Waals surface area contributed by atoms with Gasteiger partial charge in [0.15, 0.2) is 5.96 Å². The van der Waals surface area contributed by atoms with Crippen molar-refractivity contribution in [2.75, 3.05) is 39.9 Å². The third kappa shape index (κ3) is 12.5. The van der Waals surface area contributed by atoms with Gasteiger partial charge in [0.25, 0.3) is 0 Å². The molecule has 0 aromatic heterocycles. The molecule has 5 nitrogen and oxygen atoms in total. The predicted octanol–water partition coefficient (Wildman–Crippen LogP) is 2.70. The molecule has 0 atom stereocenters. The van der Waals surface area contributed by atoms with Gasteiger partial charge in [-0.15, -0.1) is 24.0 Å². The van der Waals surface area contributed by atoms with Gasteiger partial charge in [-0.25, -0.2) is 0 Å². The number of nitrogens with zero attached hydrogens (tertiary/aromatic N) is 2. The van der Waals surface area contributed by atoms with Crippen molar-refractivity contribution in [1.29, 1.82) is 0 Å². The molecule has 0 heterocycles. The molecule has 0 spiro atoms. The lowest BCUT2D eigenvalue weighted by atomic mass is 10.2. The Labute approximate surface area is 154 Å². The first-order valence-electron chi connectivity index (χ1n) is 8.30. The number of rotatable bonds is 11. The first kappa shape index (κ1) is 24.2. The van der Waals surface area contributed by atoms with Crippen molar-refractivity contribution in [3.05, 3.63) is 0 Å². The molecule has 0 aliphatic carbocycles. The van der Waals surface area contributed by atoms with Crippen molar-refractivity contribution in [1.82, 2.24) is 15.5 Å². The standard InChI is InChI=1S/C16H36N4O.HI/c1-7-21-13-9-11-19-16(17-6)18-10-8-12-20(14(2)3)15(4)5;/h14-15H,7-13H2,1-6H3,(H2,17,18,19);1H. The second-order valence-corrected chi connectivity index (χ2v) is 5.76. The molecule has 0 aliphatic rings. The average Bonchev–Trinajstić information content (AvgIpc) is 2.43. The summed E-state index contributed by atoms with van der Waals surface area (Å²) in [6.45, 7) is 15.6. The third-order valence-corrected chi connectivity index (χ3v) is 3.40. The highest BCUT2D eigenvalue weighted by atomic mass is 127. The monoisotopic (exact) mass is 428 g/mol. The lowest BCUT2D eigenvalue weighted by Crippen LogP contribution is -2.41. The average molecular weight is 428 g/mol. The van der Waals surface area contributed by atoms with Crippen LogP contribution in [0.15, 0.2) is 4.99 Å². The van der Waals surface area contributed by atoms with Crippen molar-refractivity contribution >= 4 is 29.9 Å². The van der Waals surface area contributed by atoms with Crippen LogP contribution in [-0.4, -0.2) is 62.8 Å². The van der Waals surface area contributed by atoms with Gasteiger partial charge < -0.3 is 15.4 Å². The summed E-state index contributed by atoms with van der Waals surface area (Å²) in [7, 11) is 1.81. The molecular weight excluding hydrogens is 391 g/mol. The largest absolute Gasteiger partial charge is 0.382 e. The summed E-state index contributed by atoms with van der Waals surface area (Å²) in [6.07, 6.45) is 2.12. The maximum Gasteiger partial charge on any atom is 0.190 e. The number of hydrogen-bond donors (Lipinski definition) is 2. The maximum absolute atomic E-state index is 5.31. The van der Waals surface area contributed by atoms with Crippen LogP contribution < -0.4 is 10.6 Å². The Bertz CT molecular complexity index is 265. The van der Waals surface area contributed by atoms with Gasteiger partial charge in [0.2, 0.25) is 0 Å². The number of ether oxygens (including phenoxy) is 1. The van der Waals surface area contributed by atoms with Crippen LogP contribution in [0.5, 0.6) is 0 Å². The Morgan fingerprint density at radius 3 is 2.05 bits per heavy atom. The molecule has 0 aromatic carbocycles. The molecule has 0 fully saturated rings. The Morgan fingerprint density at radius 1 is 1.05 bits per heavy atom. The van der Waals surface area contributed by atoms with Gasteiger partial charge in [-0.05, 0) is 47.5 Å². The predicted molar refractivity (Wildman–Crippen MR) is 107 cm³/mol. The molecule has 22 heavy (non-hydrogen) atoms. The summed E-state index contributed by atoms with van der Waals surface area (Å²) < 4.78 is 5.31. The van der Waals surface area contributed by atoms with E-state index in [2.05, 4.69) is 48.2 Å². The van der Waals surface area contributed by atoms with Gasteiger partial charge in [0, 0.05) is 52.0 Å². The molecule has 0 bridgehead atoms. The van der Waals surface area contributed by atoms with E-state index in [1.807, 2.05) is 14.0 Å². The normalized spacial score (nSPS) is 12.0. The third-order valence-electron chi connectivity index (χ3n) is 3.40. The van der Waals surface area contributed by atoms with Crippen LogP contribution >= 0.6 is 24.0 Å². The first-order valence-corrected chi connectivity index (χ1v) is 8.30. The van der Waals surface area contributed by atoms with E-state index < -0.39 is 0 Å². The summed E-state index contributed by atoms with van der Waals surface area (Å²) in [5, 5.41) is 6.67. The molecule has 2 N–H and O–H groups in total. The Hall–Kier alpha value is -0.0800. The van der Waals surface area contributed by atoms with Gasteiger partial charge in [-0.1, -0.05) is 0 Å². The molecule has 0 saturated carbocycles. The van der Waals surface area contributed by atoms with Gasteiger partial charge >= 0.3 is 0 Å². The van der Waals surface area contributed by atoms with E-state index in [1.165, 1.54) is 0 Å². The Morgan fingerprint density at radius 2 is 1.59 bits per heavy atom. The molecule has 0 aromatic rings. The molecule has 0 amide bonds. The summed E-state index contributed by atoms with van der Waals surface area (Å²) >= 11 is 0. The van der Waals surface area contributed by atoms with Gasteiger partial charge in [-0.2, -0.15) is 0 Å². The van der Waals surface area contributed by atoms with Crippen LogP contribution in [0, 0.1) is 0 Å². The highest BCUT2D eigenvalue weighted by Crippen LogP contribution is 2.05. The number of aliphatic imine (C=N–C) groups is 1. The first-order chi connectivity index (χ1) is 10.0. The maximum atomic E-state index is 5.31. The zero-order valence-electron chi connectivity index (χ0n) is 15.3. The summed E-state index contributed by atoms with van der Waals surface area (Å²) in [4.78, 5) is 6.75. The molecular formula is C16H37IN4O. The summed E-state index contributed by atoms with van der Waals surface area (Å²) in [5.74, 6) is 0.882. The minimum atomic E-state index is 0.